The van der Waals surface area contributed by atoms with E-state index in [0.717, 1.165) is 25.0 Å². The van der Waals surface area contributed by atoms with Crippen molar-refractivity contribution in [3.8, 4) is 5.75 Å². The Bertz CT molecular complexity index is 711. The molecule has 5 nitrogen and oxygen atoms in total. The van der Waals surface area contributed by atoms with Crippen molar-refractivity contribution >= 4 is 11.6 Å². The monoisotopic (exact) mass is 394 g/mol. The smallest absolute Gasteiger partial charge is 0.205 e. The van der Waals surface area contributed by atoms with Crippen molar-refractivity contribution in [3.63, 3.8) is 0 Å². The number of fused-ring (bicyclic) bond motifs is 2. The topological polar surface area (TPSA) is 46.2 Å². The molecule has 1 unspecified atom stereocenters. The van der Waals surface area contributed by atoms with Gasteiger partial charge in [0.1, 0.15) is 5.75 Å². The fourth-order valence-electron chi connectivity index (χ4n) is 5.65. The minimum Gasteiger partial charge on any atom is -0.465 e. The summed E-state index contributed by atoms with van der Waals surface area (Å²) >= 11 is 6.00. The van der Waals surface area contributed by atoms with E-state index in [2.05, 4.69) is 13.8 Å². The van der Waals surface area contributed by atoms with E-state index in [1.165, 1.54) is 6.42 Å². The molecule has 2 bridgehead atoms. The lowest BCUT2D eigenvalue weighted by Gasteiger charge is -2.60. The van der Waals surface area contributed by atoms with Crippen LogP contribution >= 0.6 is 11.6 Å². The molecule has 4 aliphatic heterocycles. The van der Waals surface area contributed by atoms with Gasteiger partial charge >= 0.3 is 0 Å². The van der Waals surface area contributed by atoms with E-state index in [-0.39, 0.29) is 11.8 Å². The predicted molar refractivity (Wildman–Crippen MR) is 98.9 cm³/mol. The number of rotatable bonds is 2. The molecule has 6 rings (SSSR count). The summed E-state index contributed by atoms with van der Waals surface area (Å²) in [5.74, 6) is 1.32. The van der Waals surface area contributed by atoms with Gasteiger partial charge in [-0.1, -0.05) is 25.4 Å². The van der Waals surface area contributed by atoms with Crippen LogP contribution in [0.15, 0.2) is 24.3 Å². The Morgan fingerprint density at radius 1 is 1.04 bits per heavy atom. The number of ether oxygens (including phenoxy) is 3. The maximum absolute atomic E-state index is 6.41. The first kappa shape index (κ1) is 18.2. The Morgan fingerprint density at radius 3 is 2.59 bits per heavy atom. The molecule has 5 aliphatic rings. The second kappa shape index (κ2) is 6.33. The molecule has 4 heterocycles. The third-order valence-corrected chi connectivity index (χ3v) is 7.41. The maximum Gasteiger partial charge on any atom is 0.205 e. The molecule has 1 aromatic carbocycles. The number of hydrogen-bond acceptors (Lipinski definition) is 5. The van der Waals surface area contributed by atoms with Crippen LogP contribution in [-0.2, 0) is 19.2 Å². The molecule has 148 valence electrons. The Balaban J connectivity index is 1.48. The van der Waals surface area contributed by atoms with E-state index in [4.69, 9.17) is 35.6 Å². The minimum atomic E-state index is -0.761. The van der Waals surface area contributed by atoms with Gasteiger partial charge in [-0.3, -0.25) is 0 Å². The van der Waals surface area contributed by atoms with Crippen LogP contribution in [0.25, 0.3) is 0 Å². The summed E-state index contributed by atoms with van der Waals surface area (Å²) in [6.45, 7) is 6.44. The SMILES string of the molecule is C[C@@H]1CC[C@H]2[C@@H](C)C(Oc3ccc(Cl)cc3)O[C@@H]3O[C@@]4(C)CC[C@@H]1[C@]32OO4. The predicted octanol–water partition coefficient (Wildman–Crippen LogP) is 4.93. The fourth-order valence-corrected chi connectivity index (χ4v) is 5.78. The summed E-state index contributed by atoms with van der Waals surface area (Å²) < 4.78 is 19.0. The van der Waals surface area contributed by atoms with Crippen molar-refractivity contribution in [2.45, 2.75) is 70.4 Å². The largest absolute Gasteiger partial charge is 0.465 e. The summed E-state index contributed by atoms with van der Waals surface area (Å²) in [4.78, 5) is 12.0. The van der Waals surface area contributed by atoms with Gasteiger partial charge in [-0.15, -0.1) is 0 Å². The molecule has 4 saturated heterocycles. The van der Waals surface area contributed by atoms with Crippen molar-refractivity contribution in [1.82, 2.24) is 0 Å². The van der Waals surface area contributed by atoms with Crippen LogP contribution in [0, 0.1) is 23.7 Å². The maximum atomic E-state index is 6.41. The third kappa shape index (κ3) is 2.74. The van der Waals surface area contributed by atoms with Gasteiger partial charge in [0.05, 0.1) is 0 Å². The lowest BCUT2D eigenvalue weighted by atomic mass is 9.58. The van der Waals surface area contributed by atoms with Gasteiger partial charge in [0, 0.05) is 23.3 Å². The summed E-state index contributed by atoms with van der Waals surface area (Å²) in [7, 11) is 0. The molecular formula is C21H27ClO5. The molecular weight excluding hydrogens is 368 g/mol. The van der Waals surface area contributed by atoms with Gasteiger partial charge < -0.3 is 14.2 Å². The van der Waals surface area contributed by atoms with E-state index >= 15 is 0 Å². The standard InChI is InChI=1S/C21H27ClO5/c1-12-4-9-17-13(2)18(23-15-7-5-14(22)6-8-15)24-19-21(17)16(12)10-11-20(3,25-19)26-27-21/h5-8,12-13,16-19H,4,9-11H2,1-3H3/t12-,13-,16+,17+,18?,19-,20-,21-/m1/s1. The van der Waals surface area contributed by atoms with Crippen molar-refractivity contribution in [2.24, 2.45) is 23.7 Å². The van der Waals surface area contributed by atoms with E-state index in [0.29, 0.717) is 16.9 Å². The minimum absolute atomic E-state index is 0.154. The highest BCUT2D eigenvalue weighted by molar-refractivity contribution is 6.30. The van der Waals surface area contributed by atoms with Crippen LogP contribution in [0.5, 0.6) is 5.75 Å². The molecule has 0 N–H and O–H groups in total. The van der Waals surface area contributed by atoms with E-state index in [1.807, 2.05) is 31.2 Å². The van der Waals surface area contributed by atoms with Crippen LogP contribution in [0.2, 0.25) is 5.02 Å². The first-order valence-electron chi connectivity index (χ1n) is 10.0. The van der Waals surface area contributed by atoms with Gasteiger partial charge in [-0.25, -0.2) is 9.78 Å². The summed E-state index contributed by atoms with van der Waals surface area (Å²) in [5, 5.41) is 0.686. The van der Waals surface area contributed by atoms with E-state index < -0.39 is 24.0 Å². The number of hydrogen-bond donors (Lipinski definition) is 0. The van der Waals surface area contributed by atoms with Crippen LogP contribution in [-0.4, -0.2) is 24.0 Å². The molecule has 1 aromatic rings. The molecule has 1 spiro atoms. The highest BCUT2D eigenvalue weighted by Gasteiger charge is 2.69. The summed E-state index contributed by atoms with van der Waals surface area (Å²) in [5.41, 5.74) is -0.549. The Morgan fingerprint density at radius 2 is 1.81 bits per heavy atom. The van der Waals surface area contributed by atoms with E-state index in [9.17, 15) is 0 Å². The Labute approximate surface area is 165 Å². The molecule has 0 amide bonds. The number of benzene rings is 1. The normalized spacial score (nSPS) is 48.6. The van der Waals surface area contributed by atoms with Gasteiger partial charge in [0.2, 0.25) is 12.1 Å². The second-order valence-electron chi connectivity index (χ2n) is 8.85. The van der Waals surface area contributed by atoms with Crippen molar-refractivity contribution < 1.29 is 24.0 Å². The molecule has 1 aliphatic carbocycles. The van der Waals surface area contributed by atoms with Crippen LogP contribution < -0.4 is 4.74 Å². The molecule has 27 heavy (non-hydrogen) atoms. The summed E-state index contributed by atoms with van der Waals surface area (Å²) in [6.07, 6.45) is 3.21. The Hall–Kier alpha value is -0.850. The van der Waals surface area contributed by atoms with Gasteiger partial charge in [0.15, 0.2) is 11.9 Å². The zero-order valence-corrected chi connectivity index (χ0v) is 16.8. The zero-order chi connectivity index (χ0) is 18.8. The van der Waals surface area contributed by atoms with Gasteiger partial charge in [-0.2, -0.15) is 0 Å². The van der Waals surface area contributed by atoms with Gasteiger partial charge in [-0.05, 0) is 62.3 Å². The highest BCUT2D eigenvalue weighted by Crippen LogP contribution is 2.60. The highest BCUT2D eigenvalue weighted by atomic mass is 35.5. The molecule has 1 saturated carbocycles. The molecule has 5 fully saturated rings. The molecule has 0 aromatic heterocycles. The molecule has 0 radical (unpaired) electrons. The van der Waals surface area contributed by atoms with Crippen molar-refractivity contribution in [3.05, 3.63) is 29.3 Å². The van der Waals surface area contributed by atoms with E-state index in [1.54, 1.807) is 0 Å². The number of halogens is 1. The molecule has 6 heteroatoms. The lowest BCUT2D eigenvalue weighted by molar-refractivity contribution is -0.575. The van der Waals surface area contributed by atoms with Crippen LogP contribution in [0.3, 0.4) is 0 Å². The van der Waals surface area contributed by atoms with Crippen LogP contribution in [0.1, 0.15) is 46.5 Å². The van der Waals surface area contributed by atoms with Crippen molar-refractivity contribution in [1.29, 1.82) is 0 Å². The average Bonchev–Trinajstić information content (AvgIpc) is 2.87. The van der Waals surface area contributed by atoms with Crippen molar-refractivity contribution in [2.75, 3.05) is 0 Å². The Kier molecular flexibility index (Phi) is 4.26. The quantitative estimate of drug-likeness (QED) is 0.666. The fraction of sp³-hybridized carbons (Fsp3) is 0.714. The molecule has 8 atom stereocenters. The lowest BCUT2D eigenvalue weighted by Crippen LogP contribution is -2.70. The first-order chi connectivity index (χ1) is 12.9. The third-order valence-electron chi connectivity index (χ3n) is 7.16. The first-order valence-corrected chi connectivity index (χ1v) is 10.4. The average molecular weight is 395 g/mol. The van der Waals surface area contributed by atoms with Gasteiger partial charge in [0.25, 0.3) is 0 Å². The van der Waals surface area contributed by atoms with Crippen LogP contribution in [0.4, 0.5) is 0 Å². The zero-order valence-electron chi connectivity index (χ0n) is 16.0. The summed E-state index contributed by atoms with van der Waals surface area (Å²) in [6, 6.07) is 7.39. The second-order valence-corrected chi connectivity index (χ2v) is 9.28.